The average Bonchev–Trinajstić information content (AvgIpc) is 2.29. The summed E-state index contributed by atoms with van der Waals surface area (Å²) in [6.45, 7) is 6.37. The van der Waals surface area contributed by atoms with Crippen molar-refractivity contribution in [3.63, 3.8) is 0 Å². The van der Waals surface area contributed by atoms with Gasteiger partial charge < -0.3 is 4.90 Å². The van der Waals surface area contributed by atoms with Gasteiger partial charge in [0.05, 0.1) is 6.54 Å². The van der Waals surface area contributed by atoms with Gasteiger partial charge in [-0.15, -0.1) is 13.0 Å². The van der Waals surface area contributed by atoms with E-state index >= 15 is 0 Å². The molecule has 16 heavy (non-hydrogen) atoms. The number of aryl methyl sites for hydroxylation is 1. The second-order valence-electron chi connectivity index (χ2n) is 3.54. The molecule has 1 aromatic carbocycles. The van der Waals surface area contributed by atoms with Crippen LogP contribution in [0.3, 0.4) is 0 Å². The zero-order chi connectivity index (χ0) is 12.0. The molecule has 0 aliphatic heterocycles. The number of benzene rings is 1. The molecule has 0 atom stereocenters. The largest absolute Gasteiger partial charge is 0.324 e. The molecule has 0 bridgehead atoms. The normalized spacial score (nSPS) is 9.25. The first kappa shape index (κ1) is 12.1. The summed E-state index contributed by atoms with van der Waals surface area (Å²) in [6, 6.07) is 7.44. The summed E-state index contributed by atoms with van der Waals surface area (Å²) in [5, 5.41) is 0. The van der Waals surface area contributed by atoms with Gasteiger partial charge in [-0.05, 0) is 19.1 Å². The van der Waals surface area contributed by atoms with Gasteiger partial charge in [0.1, 0.15) is 0 Å². The van der Waals surface area contributed by atoms with Crippen LogP contribution in [0.15, 0.2) is 36.9 Å². The van der Waals surface area contributed by atoms with Crippen LogP contribution < -0.4 is 0 Å². The Morgan fingerprint density at radius 3 is 2.62 bits per heavy atom. The Morgan fingerprint density at radius 1 is 1.50 bits per heavy atom. The van der Waals surface area contributed by atoms with Gasteiger partial charge >= 0.3 is 0 Å². The minimum Gasteiger partial charge on any atom is -0.324 e. The maximum atomic E-state index is 12.0. The molecule has 1 aromatic rings. The van der Waals surface area contributed by atoms with Gasteiger partial charge in [0.2, 0.25) is 0 Å². The third-order valence-electron chi connectivity index (χ3n) is 2.22. The first-order chi connectivity index (χ1) is 7.69. The van der Waals surface area contributed by atoms with Gasteiger partial charge in [0.15, 0.2) is 0 Å². The molecule has 0 spiro atoms. The van der Waals surface area contributed by atoms with E-state index in [0.717, 1.165) is 5.56 Å². The van der Waals surface area contributed by atoms with E-state index in [4.69, 9.17) is 6.42 Å². The van der Waals surface area contributed by atoms with E-state index in [-0.39, 0.29) is 5.91 Å². The lowest BCUT2D eigenvalue weighted by atomic mass is 10.1. The van der Waals surface area contributed by atoms with E-state index in [1.54, 1.807) is 11.0 Å². The van der Waals surface area contributed by atoms with Crippen molar-refractivity contribution in [3.05, 3.63) is 48.0 Å². The van der Waals surface area contributed by atoms with Gasteiger partial charge in [0, 0.05) is 12.1 Å². The van der Waals surface area contributed by atoms with Crippen LogP contribution in [-0.4, -0.2) is 23.9 Å². The molecule has 0 aromatic heterocycles. The highest BCUT2D eigenvalue weighted by molar-refractivity contribution is 5.94. The summed E-state index contributed by atoms with van der Waals surface area (Å²) >= 11 is 0. The van der Waals surface area contributed by atoms with E-state index in [9.17, 15) is 4.79 Å². The molecular weight excluding hydrogens is 198 g/mol. The number of amides is 1. The van der Waals surface area contributed by atoms with Crippen LogP contribution in [0.5, 0.6) is 0 Å². The fourth-order valence-electron chi connectivity index (χ4n) is 1.36. The zero-order valence-corrected chi connectivity index (χ0v) is 9.44. The third kappa shape index (κ3) is 2.99. The van der Waals surface area contributed by atoms with Crippen molar-refractivity contribution in [3.8, 4) is 12.3 Å². The van der Waals surface area contributed by atoms with Crippen LogP contribution in [0.4, 0.5) is 0 Å². The van der Waals surface area contributed by atoms with Crippen LogP contribution in [-0.2, 0) is 0 Å². The Labute approximate surface area is 96.6 Å². The highest BCUT2D eigenvalue weighted by atomic mass is 16.2. The van der Waals surface area contributed by atoms with Crippen LogP contribution in [0.1, 0.15) is 15.9 Å². The predicted molar refractivity (Wildman–Crippen MR) is 66.1 cm³/mol. The molecule has 1 rings (SSSR count). The van der Waals surface area contributed by atoms with Gasteiger partial charge in [0.25, 0.3) is 5.91 Å². The molecule has 82 valence electrons. The molecule has 0 N–H and O–H groups in total. The lowest BCUT2D eigenvalue weighted by molar-refractivity contribution is 0.0793. The maximum Gasteiger partial charge on any atom is 0.254 e. The summed E-state index contributed by atoms with van der Waals surface area (Å²) < 4.78 is 0. The first-order valence-corrected chi connectivity index (χ1v) is 5.09. The van der Waals surface area contributed by atoms with E-state index in [2.05, 4.69) is 12.5 Å². The first-order valence-electron chi connectivity index (χ1n) is 5.09. The van der Waals surface area contributed by atoms with Crippen molar-refractivity contribution >= 4 is 5.91 Å². The lowest BCUT2D eigenvalue weighted by Gasteiger charge is -2.18. The maximum absolute atomic E-state index is 12.0. The van der Waals surface area contributed by atoms with Crippen LogP contribution >= 0.6 is 0 Å². The van der Waals surface area contributed by atoms with E-state index in [0.29, 0.717) is 18.7 Å². The summed E-state index contributed by atoms with van der Waals surface area (Å²) in [5.74, 6) is 2.41. The molecule has 0 saturated heterocycles. The Kier molecular flexibility index (Phi) is 4.35. The molecule has 0 unspecified atom stereocenters. The van der Waals surface area contributed by atoms with Crippen LogP contribution in [0.25, 0.3) is 0 Å². The summed E-state index contributed by atoms with van der Waals surface area (Å²) in [4.78, 5) is 13.6. The monoisotopic (exact) mass is 213 g/mol. The SMILES string of the molecule is C#CCN(CC=C)C(=O)c1ccc(C)cc1. The summed E-state index contributed by atoms with van der Waals surface area (Å²) in [7, 11) is 0. The molecule has 1 amide bonds. The standard InChI is InChI=1S/C14H15NO/c1-4-10-15(11-5-2)14(16)13-8-6-12(3)7-9-13/h1,5-9H,2,10-11H2,3H3. The van der Waals surface area contributed by atoms with Gasteiger partial charge in [-0.2, -0.15) is 0 Å². The zero-order valence-electron chi connectivity index (χ0n) is 9.44. The number of terminal acetylenes is 1. The fourth-order valence-corrected chi connectivity index (χ4v) is 1.36. The van der Waals surface area contributed by atoms with Crippen molar-refractivity contribution in [2.45, 2.75) is 6.92 Å². The topological polar surface area (TPSA) is 20.3 Å². The van der Waals surface area contributed by atoms with Gasteiger partial charge in [-0.25, -0.2) is 0 Å². The average molecular weight is 213 g/mol. The quantitative estimate of drug-likeness (QED) is 0.555. The lowest BCUT2D eigenvalue weighted by Crippen LogP contribution is -2.31. The van der Waals surface area contributed by atoms with Crippen LogP contribution in [0, 0.1) is 19.3 Å². The number of carbonyl (C=O) groups excluding carboxylic acids is 1. The number of carbonyl (C=O) groups is 1. The molecule has 0 saturated carbocycles. The molecule has 0 aliphatic carbocycles. The molecule has 0 fully saturated rings. The number of hydrogen-bond acceptors (Lipinski definition) is 1. The van der Waals surface area contributed by atoms with Crippen molar-refractivity contribution in [2.75, 3.05) is 13.1 Å². The predicted octanol–water partition coefficient (Wildman–Crippen LogP) is 2.26. The van der Waals surface area contributed by atoms with Gasteiger partial charge in [-0.3, -0.25) is 4.79 Å². The smallest absolute Gasteiger partial charge is 0.254 e. The minimum absolute atomic E-state index is 0.0575. The third-order valence-corrected chi connectivity index (χ3v) is 2.22. The van der Waals surface area contributed by atoms with Crippen LogP contribution in [0.2, 0.25) is 0 Å². The van der Waals surface area contributed by atoms with Gasteiger partial charge in [-0.1, -0.05) is 29.7 Å². The highest BCUT2D eigenvalue weighted by Crippen LogP contribution is 2.07. The van der Waals surface area contributed by atoms with Crippen molar-refractivity contribution < 1.29 is 4.79 Å². The minimum atomic E-state index is -0.0575. The molecule has 2 nitrogen and oxygen atoms in total. The molecule has 0 radical (unpaired) electrons. The van der Waals surface area contributed by atoms with E-state index < -0.39 is 0 Å². The Balaban J connectivity index is 2.86. The number of rotatable bonds is 4. The molecule has 2 heteroatoms. The summed E-state index contributed by atoms with van der Waals surface area (Å²) in [6.07, 6.45) is 6.89. The number of nitrogens with zero attached hydrogens (tertiary/aromatic N) is 1. The van der Waals surface area contributed by atoms with E-state index in [1.165, 1.54) is 0 Å². The Bertz CT molecular complexity index is 411. The Hall–Kier alpha value is -2.01. The van der Waals surface area contributed by atoms with Crippen molar-refractivity contribution in [1.29, 1.82) is 0 Å². The number of hydrogen-bond donors (Lipinski definition) is 0. The van der Waals surface area contributed by atoms with Crippen molar-refractivity contribution in [1.82, 2.24) is 4.90 Å². The molecular formula is C14H15NO. The molecule has 0 heterocycles. The molecule has 0 aliphatic rings. The second kappa shape index (κ2) is 5.77. The van der Waals surface area contributed by atoms with Crippen molar-refractivity contribution in [2.24, 2.45) is 0 Å². The second-order valence-corrected chi connectivity index (χ2v) is 3.54. The highest BCUT2D eigenvalue weighted by Gasteiger charge is 2.12. The van der Waals surface area contributed by atoms with E-state index in [1.807, 2.05) is 31.2 Å². The fraction of sp³-hybridized carbons (Fsp3) is 0.214. The Morgan fingerprint density at radius 2 is 2.12 bits per heavy atom. The summed E-state index contributed by atoms with van der Waals surface area (Å²) in [5.41, 5.74) is 1.78.